The van der Waals surface area contributed by atoms with E-state index in [1.165, 1.54) is 103 Å². The molecule has 0 aromatic carbocycles. The molecule has 0 amide bonds. The molecule has 0 N–H and O–H groups in total. The third kappa shape index (κ3) is 7.43. The molecule has 2 aliphatic rings. The fourth-order valence-electron chi connectivity index (χ4n) is 5.76. The molecule has 146 valence electrons. The van der Waals surface area contributed by atoms with Crippen molar-refractivity contribution in [3.63, 3.8) is 0 Å². The minimum absolute atomic E-state index is 0.387. The van der Waals surface area contributed by atoms with Crippen LogP contribution in [0, 0.1) is 29.6 Å². The highest BCUT2D eigenvalue weighted by atomic mass is 16.1. The predicted octanol–water partition coefficient (Wildman–Crippen LogP) is 7.57. The molecular weight excluding hydrogens is 304 g/mol. The number of carbonyl (C=O) groups is 1. The topological polar surface area (TPSA) is 17.1 Å². The zero-order chi connectivity index (χ0) is 17.9. The molecular formula is C24H44O. The van der Waals surface area contributed by atoms with Crippen molar-refractivity contribution in [1.29, 1.82) is 0 Å². The fraction of sp³-hybridized carbons (Fsp3) is 0.958. The molecule has 1 nitrogen and oxygen atoms in total. The standard InChI is InChI=1S/C24H44O/c1-20-13-12-14-21(2)24(20)18-9-7-5-3-4-6-8-15-22-16-10-11-17-23(22)19-25/h19-24H,3-18H2,1-2H3. The molecule has 0 bridgehead atoms. The molecule has 0 spiro atoms. The lowest BCUT2D eigenvalue weighted by Crippen LogP contribution is -2.24. The Labute approximate surface area is 157 Å². The van der Waals surface area contributed by atoms with Gasteiger partial charge in [-0.1, -0.05) is 90.9 Å². The number of aldehydes is 1. The van der Waals surface area contributed by atoms with Crippen LogP contribution in [-0.4, -0.2) is 6.29 Å². The van der Waals surface area contributed by atoms with Gasteiger partial charge in [0.05, 0.1) is 0 Å². The second-order valence-corrected chi connectivity index (χ2v) is 9.45. The van der Waals surface area contributed by atoms with Gasteiger partial charge in [0, 0.05) is 5.92 Å². The smallest absolute Gasteiger partial charge is 0.123 e. The van der Waals surface area contributed by atoms with Crippen LogP contribution in [0.5, 0.6) is 0 Å². The van der Waals surface area contributed by atoms with Gasteiger partial charge in [0.25, 0.3) is 0 Å². The summed E-state index contributed by atoms with van der Waals surface area (Å²) in [4.78, 5) is 11.2. The summed E-state index contributed by atoms with van der Waals surface area (Å²) in [7, 11) is 0. The van der Waals surface area contributed by atoms with E-state index in [9.17, 15) is 4.79 Å². The largest absolute Gasteiger partial charge is 0.303 e. The van der Waals surface area contributed by atoms with Crippen LogP contribution in [0.2, 0.25) is 0 Å². The van der Waals surface area contributed by atoms with Crippen molar-refractivity contribution in [1.82, 2.24) is 0 Å². The zero-order valence-corrected chi connectivity index (χ0v) is 17.2. The fourth-order valence-corrected chi connectivity index (χ4v) is 5.76. The van der Waals surface area contributed by atoms with E-state index in [0.29, 0.717) is 11.8 Å². The summed E-state index contributed by atoms with van der Waals surface area (Å²) >= 11 is 0. The van der Waals surface area contributed by atoms with E-state index in [1.807, 2.05) is 0 Å². The second kappa shape index (κ2) is 12.1. The summed E-state index contributed by atoms with van der Waals surface area (Å²) in [6, 6.07) is 0. The average molecular weight is 349 g/mol. The van der Waals surface area contributed by atoms with Crippen molar-refractivity contribution in [3.05, 3.63) is 0 Å². The highest BCUT2D eigenvalue weighted by Gasteiger charge is 2.26. The first-order valence-corrected chi connectivity index (χ1v) is 11.7. The first-order valence-electron chi connectivity index (χ1n) is 11.7. The number of rotatable bonds is 11. The number of hydrogen-bond donors (Lipinski definition) is 0. The molecule has 0 saturated heterocycles. The van der Waals surface area contributed by atoms with Crippen LogP contribution in [0.3, 0.4) is 0 Å². The van der Waals surface area contributed by atoms with Crippen molar-refractivity contribution >= 4 is 6.29 Å². The van der Waals surface area contributed by atoms with E-state index in [4.69, 9.17) is 0 Å². The van der Waals surface area contributed by atoms with Gasteiger partial charge in [0.15, 0.2) is 0 Å². The summed E-state index contributed by atoms with van der Waals surface area (Å²) in [6.45, 7) is 4.98. The maximum Gasteiger partial charge on any atom is 0.123 e. The maximum atomic E-state index is 11.2. The van der Waals surface area contributed by atoms with Crippen LogP contribution in [0.1, 0.15) is 117 Å². The number of hydrogen-bond acceptors (Lipinski definition) is 1. The van der Waals surface area contributed by atoms with Gasteiger partial charge in [0.2, 0.25) is 0 Å². The average Bonchev–Trinajstić information content (AvgIpc) is 2.62. The van der Waals surface area contributed by atoms with Crippen molar-refractivity contribution in [3.8, 4) is 0 Å². The van der Waals surface area contributed by atoms with Crippen LogP contribution in [0.4, 0.5) is 0 Å². The van der Waals surface area contributed by atoms with Crippen molar-refractivity contribution in [2.75, 3.05) is 0 Å². The van der Waals surface area contributed by atoms with Crippen LogP contribution in [0.25, 0.3) is 0 Å². The molecule has 25 heavy (non-hydrogen) atoms. The summed E-state index contributed by atoms with van der Waals surface area (Å²) in [5, 5.41) is 0. The molecule has 4 atom stereocenters. The van der Waals surface area contributed by atoms with Gasteiger partial charge >= 0.3 is 0 Å². The zero-order valence-electron chi connectivity index (χ0n) is 17.2. The highest BCUT2D eigenvalue weighted by molar-refractivity contribution is 5.54. The summed E-state index contributed by atoms with van der Waals surface area (Å²) in [5.41, 5.74) is 0. The van der Waals surface area contributed by atoms with E-state index >= 15 is 0 Å². The number of carbonyl (C=O) groups excluding carboxylic acids is 1. The Bertz CT molecular complexity index is 340. The minimum Gasteiger partial charge on any atom is -0.303 e. The Morgan fingerprint density at radius 1 is 0.680 bits per heavy atom. The lowest BCUT2D eigenvalue weighted by molar-refractivity contribution is -0.113. The van der Waals surface area contributed by atoms with Crippen molar-refractivity contribution in [2.24, 2.45) is 29.6 Å². The van der Waals surface area contributed by atoms with Crippen LogP contribution in [-0.2, 0) is 4.79 Å². The first kappa shape index (κ1) is 21.0. The third-order valence-corrected chi connectivity index (χ3v) is 7.54. The molecule has 4 unspecified atom stereocenters. The maximum absolute atomic E-state index is 11.2. The molecule has 0 heterocycles. The van der Waals surface area contributed by atoms with Crippen LogP contribution in [0.15, 0.2) is 0 Å². The highest BCUT2D eigenvalue weighted by Crippen LogP contribution is 2.37. The van der Waals surface area contributed by atoms with E-state index in [-0.39, 0.29) is 0 Å². The summed E-state index contributed by atoms with van der Waals surface area (Å²) < 4.78 is 0. The normalized spacial score (nSPS) is 33.3. The quantitative estimate of drug-likeness (QED) is 0.278. The first-order chi connectivity index (χ1) is 12.2. The molecule has 2 rings (SSSR count). The van der Waals surface area contributed by atoms with E-state index in [0.717, 1.165) is 24.2 Å². The Balaban J connectivity index is 1.42. The molecule has 0 aliphatic heterocycles. The van der Waals surface area contributed by atoms with E-state index in [1.54, 1.807) is 0 Å². The molecule has 1 heteroatoms. The molecule has 0 aromatic rings. The van der Waals surface area contributed by atoms with E-state index < -0.39 is 0 Å². The van der Waals surface area contributed by atoms with Gasteiger partial charge < -0.3 is 4.79 Å². The Morgan fingerprint density at radius 3 is 1.88 bits per heavy atom. The third-order valence-electron chi connectivity index (χ3n) is 7.54. The molecule has 0 radical (unpaired) electrons. The van der Waals surface area contributed by atoms with Gasteiger partial charge in [-0.2, -0.15) is 0 Å². The SMILES string of the molecule is CC1CCCC(C)C1CCCCCCCCCC1CCCCC1C=O. The predicted molar refractivity (Wildman–Crippen MR) is 109 cm³/mol. The van der Waals surface area contributed by atoms with Gasteiger partial charge in [-0.15, -0.1) is 0 Å². The Hall–Kier alpha value is -0.330. The van der Waals surface area contributed by atoms with Crippen LogP contribution < -0.4 is 0 Å². The summed E-state index contributed by atoms with van der Waals surface area (Å²) in [6.07, 6.45) is 23.5. The van der Waals surface area contributed by atoms with Gasteiger partial charge in [-0.25, -0.2) is 0 Å². The Kier molecular flexibility index (Phi) is 10.2. The lowest BCUT2D eigenvalue weighted by Gasteiger charge is -2.34. The lowest BCUT2D eigenvalue weighted by atomic mass is 9.71. The van der Waals surface area contributed by atoms with Crippen LogP contribution >= 0.6 is 0 Å². The monoisotopic (exact) mass is 348 g/mol. The minimum atomic E-state index is 0.387. The van der Waals surface area contributed by atoms with Gasteiger partial charge in [-0.05, 0) is 49.4 Å². The molecule has 2 saturated carbocycles. The summed E-state index contributed by atoms with van der Waals surface area (Å²) in [5.74, 6) is 4.05. The molecule has 0 aromatic heterocycles. The van der Waals surface area contributed by atoms with Gasteiger partial charge in [0.1, 0.15) is 6.29 Å². The van der Waals surface area contributed by atoms with Crippen molar-refractivity contribution < 1.29 is 4.79 Å². The van der Waals surface area contributed by atoms with Gasteiger partial charge in [-0.3, -0.25) is 0 Å². The molecule has 2 fully saturated rings. The van der Waals surface area contributed by atoms with Crippen molar-refractivity contribution in [2.45, 2.75) is 117 Å². The molecule has 2 aliphatic carbocycles. The Morgan fingerprint density at radius 2 is 1.24 bits per heavy atom. The number of unbranched alkanes of at least 4 members (excludes halogenated alkanes) is 6. The second-order valence-electron chi connectivity index (χ2n) is 9.45. The van der Waals surface area contributed by atoms with E-state index in [2.05, 4.69) is 13.8 Å².